The minimum atomic E-state index is -0.137. The molecule has 4 nitrogen and oxygen atoms in total. The van der Waals surface area contributed by atoms with Crippen LogP contribution < -0.4 is 5.32 Å². The zero-order valence-corrected chi connectivity index (χ0v) is 12.2. The van der Waals surface area contributed by atoms with E-state index in [1.165, 1.54) is 0 Å². The fourth-order valence-corrected chi connectivity index (χ4v) is 2.59. The van der Waals surface area contributed by atoms with Crippen molar-refractivity contribution in [2.24, 2.45) is 0 Å². The Labute approximate surface area is 128 Å². The summed E-state index contributed by atoms with van der Waals surface area (Å²) >= 11 is 0. The molecule has 110 valence electrons. The molecule has 0 bridgehead atoms. The van der Waals surface area contributed by atoms with Crippen LogP contribution in [0.3, 0.4) is 0 Å². The zero-order chi connectivity index (χ0) is 15.5. The fourth-order valence-electron chi connectivity index (χ4n) is 2.59. The lowest BCUT2D eigenvalue weighted by atomic mass is 10.1. The van der Waals surface area contributed by atoms with Gasteiger partial charge in [0.15, 0.2) is 6.29 Å². The first kappa shape index (κ1) is 14.1. The number of benzene rings is 2. The number of fused-ring (bicyclic) bond motifs is 1. The molecule has 1 amide bonds. The van der Waals surface area contributed by atoms with Gasteiger partial charge in [-0.05, 0) is 30.2 Å². The molecule has 0 saturated carbocycles. The Balaban J connectivity index is 1.83. The number of aldehydes is 1. The van der Waals surface area contributed by atoms with E-state index in [-0.39, 0.29) is 12.3 Å². The Hall–Kier alpha value is -2.88. The Morgan fingerprint density at radius 2 is 2.00 bits per heavy atom. The molecule has 4 heteroatoms. The van der Waals surface area contributed by atoms with Gasteiger partial charge in [0.25, 0.3) is 0 Å². The van der Waals surface area contributed by atoms with Crippen LogP contribution in [0.4, 0.5) is 5.69 Å². The second-order valence-corrected chi connectivity index (χ2v) is 5.24. The monoisotopic (exact) mass is 292 g/mol. The Bertz CT molecular complexity index is 849. The lowest BCUT2D eigenvalue weighted by Crippen LogP contribution is -2.16. The van der Waals surface area contributed by atoms with Crippen LogP contribution >= 0.6 is 0 Å². The number of nitrogens with one attached hydrogen (secondary N) is 2. The van der Waals surface area contributed by atoms with E-state index in [2.05, 4.69) is 10.3 Å². The second kappa shape index (κ2) is 5.85. The minimum absolute atomic E-state index is 0.137. The number of H-pyrrole nitrogens is 1. The van der Waals surface area contributed by atoms with Gasteiger partial charge in [-0.25, -0.2) is 0 Å². The maximum absolute atomic E-state index is 12.3. The molecule has 0 aliphatic carbocycles. The predicted octanol–water partition coefficient (Wildman–Crippen LogP) is 3.47. The highest BCUT2D eigenvalue weighted by Crippen LogP contribution is 2.21. The zero-order valence-electron chi connectivity index (χ0n) is 12.2. The van der Waals surface area contributed by atoms with E-state index in [4.69, 9.17) is 0 Å². The molecule has 3 aromatic rings. The summed E-state index contributed by atoms with van der Waals surface area (Å²) in [5, 5.41) is 3.89. The van der Waals surface area contributed by atoms with Gasteiger partial charge >= 0.3 is 0 Å². The van der Waals surface area contributed by atoms with Crippen molar-refractivity contribution in [3.05, 3.63) is 65.4 Å². The molecule has 0 saturated heterocycles. The lowest BCUT2D eigenvalue weighted by molar-refractivity contribution is -0.115. The van der Waals surface area contributed by atoms with Crippen LogP contribution in [0.5, 0.6) is 0 Å². The number of carbonyl (C=O) groups excluding carboxylic acids is 2. The summed E-state index contributed by atoms with van der Waals surface area (Å²) in [4.78, 5) is 26.6. The fraction of sp³-hybridized carbons (Fsp3) is 0.111. The smallest absolute Gasteiger partial charge is 0.228 e. The van der Waals surface area contributed by atoms with E-state index >= 15 is 0 Å². The molecule has 0 spiro atoms. The third-order valence-corrected chi connectivity index (χ3v) is 3.72. The summed E-state index contributed by atoms with van der Waals surface area (Å²) in [6.45, 7) is 1.87. The van der Waals surface area contributed by atoms with Gasteiger partial charge in [0.1, 0.15) is 0 Å². The number of rotatable bonds is 4. The third-order valence-electron chi connectivity index (χ3n) is 3.72. The molecule has 0 aliphatic heterocycles. The van der Waals surface area contributed by atoms with Gasteiger partial charge in [0.2, 0.25) is 5.91 Å². The van der Waals surface area contributed by atoms with E-state index in [9.17, 15) is 9.59 Å². The minimum Gasteiger partial charge on any atom is -0.361 e. The molecule has 1 heterocycles. The summed E-state index contributed by atoms with van der Waals surface area (Å²) in [5.74, 6) is -0.137. The van der Waals surface area contributed by atoms with E-state index in [1.54, 1.807) is 12.1 Å². The number of hydrogen-bond acceptors (Lipinski definition) is 2. The topological polar surface area (TPSA) is 62.0 Å². The van der Waals surface area contributed by atoms with Crippen LogP contribution in [0.1, 0.15) is 21.5 Å². The third kappa shape index (κ3) is 2.63. The van der Waals surface area contributed by atoms with Crippen molar-refractivity contribution in [1.82, 2.24) is 4.98 Å². The van der Waals surface area contributed by atoms with Crippen molar-refractivity contribution in [2.75, 3.05) is 5.32 Å². The molecular formula is C18H16N2O2. The maximum Gasteiger partial charge on any atom is 0.228 e. The van der Waals surface area contributed by atoms with Gasteiger partial charge in [-0.3, -0.25) is 9.59 Å². The van der Waals surface area contributed by atoms with Crippen LogP contribution in [0, 0.1) is 6.92 Å². The van der Waals surface area contributed by atoms with Crippen molar-refractivity contribution in [1.29, 1.82) is 0 Å². The Kier molecular flexibility index (Phi) is 3.74. The average Bonchev–Trinajstić information content (AvgIpc) is 2.92. The molecule has 2 N–H and O–H groups in total. The van der Waals surface area contributed by atoms with Crippen LogP contribution in [-0.4, -0.2) is 17.2 Å². The van der Waals surface area contributed by atoms with E-state index < -0.39 is 0 Å². The van der Waals surface area contributed by atoms with Crippen molar-refractivity contribution in [3.8, 4) is 0 Å². The number of aromatic amines is 1. The Morgan fingerprint density at radius 1 is 1.18 bits per heavy atom. The van der Waals surface area contributed by atoms with Crippen molar-refractivity contribution < 1.29 is 9.59 Å². The number of aryl methyl sites for hydroxylation is 1. The quantitative estimate of drug-likeness (QED) is 0.723. The first-order chi connectivity index (χ1) is 10.7. The summed E-state index contributed by atoms with van der Waals surface area (Å²) in [7, 11) is 0. The molecule has 0 unspecified atom stereocenters. The normalized spacial score (nSPS) is 10.6. The highest BCUT2D eigenvalue weighted by atomic mass is 16.1. The molecule has 0 atom stereocenters. The molecule has 22 heavy (non-hydrogen) atoms. The second-order valence-electron chi connectivity index (χ2n) is 5.24. The maximum atomic E-state index is 12.3. The molecule has 0 aliphatic rings. The van der Waals surface area contributed by atoms with E-state index in [0.29, 0.717) is 11.3 Å². The molecule has 3 rings (SSSR count). The summed E-state index contributed by atoms with van der Waals surface area (Å²) in [5.41, 5.74) is 3.90. The Morgan fingerprint density at radius 3 is 2.82 bits per heavy atom. The molecular weight excluding hydrogens is 276 g/mol. The van der Waals surface area contributed by atoms with Crippen molar-refractivity contribution in [3.63, 3.8) is 0 Å². The highest BCUT2D eigenvalue weighted by Gasteiger charge is 2.12. The SMILES string of the molecule is Cc1cccc(C=O)c1NC(=O)Cc1c[nH]c2ccccc12. The van der Waals surface area contributed by atoms with Crippen LogP contribution in [0.2, 0.25) is 0 Å². The standard InChI is InChI=1S/C18H16N2O2/c1-12-5-4-6-13(11-21)18(12)20-17(22)9-14-10-19-16-8-3-2-7-15(14)16/h2-8,10-11,19H,9H2,1H3,(H,20,22). The van der Waals surface area contributed by atoms with E-state index in [1.807, 2.05) is 43.5 Å². The van der Waals surface area contributed by atoms with Gasteiger partial charge in [-0.2, -0.15) is 0 Å². The largest absolute Gasteiger partial charge is 0.361 e. The van der Waals surface area contributed by atoms with Crippen LogP contribution in [-0.2, 0) is 11.2 Å². The van der Waals surface area contributed by atoms with Crippen molar-refractivity contribution >= 4 is 28.8 Å². The molecule has 0 radical (unpaired) electrons. The predicted molar refractivity (Wildman–Crippen MR) is 87.2 cm³/mol. The van der Waals surface area contributed by atoms with Gasteiger partial charge in [-0.15, -0.1) is 0 Å². The van der Waals surface area contributed by atoms with Gasteiger partial charge in [-0.1, -0.05) is 30.3 Å². The summed E-state index contributed by atoms with van der Waals surface area (Å²) in [6.07, 6.45) is 2.87. The van der Waals surface area contributed by atoms with Crippen LogP contribution in [0.15, 0.2) is 48.7 Å². The molecule has 0 fully saturated rings. The number of carbonyl (C=O) groups is 2. The number of anilines is 1. The molecule has 1 aromatic heterocycles. The van der Waals surface area contributed by atoms with Gasteiger partial charge in [0, 0.05) is 22.7 Å². The van der Waals surface area contributed by atoms with Gasteiger partial charge < -0.3 is 10.3 Å². The van der Waals surface area contributed by atoms with Crippen LogP contribution in [0.25, 0.3) is 10.9 Å². The number of para-hydroxylation sites is 2. The highest BCUT2D eigenvalue weighted by molar-refractivity contribution is 5.99. The number of amides is 1. The number of aromatic nitrogens is 1. The number of hydrogen-bond donors (Lipinski definition) is 2. The first-order valence-corrected chi connectivity index (χ1v) is 7.08. The van der Waals surface area contributed by atoms with E-state index in [0.717, 1.165) is 28.3 Å². The van der Waals surface area contributed by atoms with Crippen molar-refractivity contribution in [2.45, 2.75) is 13.3 Å². The lowest BCUT2D eigenvalue weighted by Gasteiger charge is -2.10. The summed E-state index contributed by atoms with van der Waals surface area (Å²) < 4.78 is 0. The van der Waals surface area contributed by atoms with Gasteiger partial charge in [0.05, 0.1) is 12.1 Å². The summed E-state index contributed by atoms with van der Waals surface area (Å²) in [6, 6.07) is 13.2. The first-order valence-electron chi connectivity index (χ1n) is 7.08. The molecule has 2 aromatic carbocycles. The average molecular weight is 292 g/mol.